The van der Waals surface area contributed by atoms with Gasteiger partial charge in [0.2, 0.25) is 0 Å². The van der Waals surface area contributed by atoms with Crippen molar-refractivity contribution in [2.24, 2.45) is 0 Å². The molecule has 0 aliphatic carbocycles. The number of fused-ring (bicyclic) bond motifs is 1. The van der Waals surface area contributed by atoms with Crippen LogP contribution in [-0.4, -0.2) is 68.1 Å². The van der Waals surface area contributed by atoms with Crippen LogP contribution in [0.2, 0.25) is 0 Å². The van der Waals surface area contributed by atoms with E-state index in [1.807, 2.05) is 49.6 Å². The number of nitrogens with one attached hydrogen (secondary N) is 4. The van der Waals surface area contributed by atoms with Crippen molar-refractivity contribution in [2.45, 2.75) is 0 Å². The molecule has 3 amide bonds. The number of benzene rings is 2. The quantitative estimate of drug-likeness (QED) is 0.282. The van der Waals surface area contributed by atoms with Gasteiger partial charge in [0.1, 0.15) is 11.4 Å². The van der Waals surface area contributed by atoms with Crippen LogP contribution in [0.3, 0.4) is 0 Å². The van der Waals surface area contributed by atoms with Gasteiger partial charge >= 0.3 is 6.03 Å². The maximum absolute atomic E-state index is 13.0. The molecule has 0 aliphatic rings. The lowest BCUT2D eigenvalue weighted by molar-refractivity contribution is 0.0828. The highest BCUT2D eigenvalue weighted by Crippen LogP contribution is 2.36. The minimum atomic E-state index is -0.373. The van der Waals surface area contributed by atoms with Crippen molar-refractivity contribution in [3.63, 3.8) is 0 Å². The van der Waals surface area contributed by atoms with E-state index in [9.17, 15) is 9.59 Å². The van der Waals surface area contributed by atoms with Crippen LogP contribution in [0.15, 0.2) is 60.9 Å². The van der Waals surface area contributed by atoms with Gasteiger partial charge in [-0.15, -0.1) is 0 Å². The fourth-order valence-corrected chi connectivity index (χ4v) is 3.97. The predicted molar refractivity (Wildman–Crippen MR) is 142 cm³/mol. The van der Waals surface area contributed by atoms with Crippen molar-refractivity contribution in [3.05, 3.63) is 66.5 Å². The lowest BCUT2D eigenvalue weighted by Crippen LogP contribution is -2.34. The number of ether oxygens (including phenoxy) is 1. The average molecular weight is 487 g/mol. The van der Waals surface area contributed by atoms with E-state index < -0.39 is 0 Å². The largest absolute Gasteiger partial charge is 0.496 e. The molecule has 186 valence electrons. The zero-order chi connectivity index (χ0) is 25.7. The summed E-state index contributed by atoms with van der Waals surface area (Å²) < 4.78 is 5.55. The van der Waals surface area contributed by atoms with E-state index in [2.05, 4.69) is 25.9 Å². The number of carbonyl (C=O) groups is 2. The van der Waals surface area contributed by atoms with Crippen molar-refractivity contribution in [2.75, 3.05) is 46.7 Å². The normalized spacial score (nSPS) is 10.8. The number of anilines is 1. The molecule has 4 N–H and O–H groups in total. The van der Waals surface area contributed by atoms with Gasteiger partial charge in [0.15, 0.2) is 0 Å². The number of carbonyl (C=O) groups excluding carboxylic acids is 2. The van der Waals surface area contributed by atoms with Crippen LogP contribution >= 0.6 is 0 Å². The summed E-state index contributed by atoms with van der Waals surface area (Å²) in [5, 5.41) is 9.46. The van der Waals surface area contributed by atoms with Gasteiger partial charge in [-0.2, -0.15) is 0 Å². The molecule has 2 aromatic carbocycles. The molecule has 0 bridgehead atoms. The summed E-state index contributed by atoms with van der Waals surface area (Å²) in [6, 6.07) is 14.9. The first-order valence-corrected chi connectivity index (χ1v) is 11.6. The molecule has 2 heterocycles. The molecule has 0 radical (unpaired) electrons. The molecular formula is C27H30N6O3. The van der Waals surface area contributed by atoms with Crippen LogP contribution < -0.4 is 20.7 Å². The van der Waals surface area contributed by atoms with Crippen LogP contribution in [0, 0.1) is 0 Å². The fourth-order valence-electron chi connectivity index (χ4n) is 3.97. The minimum Gasteiger partial charge on any atom is -0.496 e. The van der Waals surface area contributed by atoms with Gasteiger partial charge in [0.05, 0.1) is 18.4 Å². The maximum Gasteiger partial charge on any atom is 0.319 e. The van der Waals surface area contributed by atoms with E-state index in [4.69, 9.17) is 4.74 Å². The third-order valence-corrected chi connectivity index (χ3v) is 5.83. The number of aromatic nitrogens is 2. The average Bonchev–Trinajstić information content (AvgIpc) is 3.31. The molecule has 0 aliphatic heterocycles. The molecule has 0 atom stereocenters. The van der Waals surface area contributed by atoms with Gasteiger partial charge in [-0.1, -0.05) is 24.3 Å². The number of urea groups is 1. The Morgan fingerprint density at radius 3 is 2.58 bits per heavy atom. The molecule has 0 fully saturated rings. The van der Waals surface area contributed by atoms with Crippen molar-refractivity contribution < 1.29 is 14.3 Å². The summed E-state index contributed by atoms with van der Waals surface area (Å²) in [5.74, 6) is 0.554. The van der Waals surface area contributed by atoms with Gasteiger partial charge in [0, 0.05) is 61.7 Å². The van der Waals surface area contributed by atoms with Crippen LogP contribution in [0.1, 0.15) is 10.4 Å². The Morgan fingerprint density at radius 1 is 1.03 bits per heavy atom. The Balaban J connectivity index is 1.73. The van der Waals surface area contributed by atoms with Gasteiger partial charge in [0.25, 0.3) is 5.91 Å². The number of rotatable bonds is 8. The number of nitrogens with zero attached hydrogens (tertiary/aromatic N) is 2. The molecule has 36 heavy (non-hydrogen) atoms. The molecule has 9 nitrogen and oxygen atoms in total. The minimum absolute atomic E-state index is 0.215. The number of para-hydroxylation sites is 1. The number of amides is 3. The Labute approximate surface area is 209 Å². The molecule has 0 saturated heterocycles. The predicted octanol–water partition coefficient (Wildman–Crippen LogP) is 3.95. The maximum atomic E-state index is 13.0. The first-order valence-electron chi connectivity index (χ1n) is 11.6. The van der Waals surface area contributed by atoms with E-state index in [0.29, 0.717) is 24.3 Å². The lowest BCUT2D eigenvalue weighted by atomic mass is 9.99. The number of H-pyrrole nitrogens is 1. The second-order valence-corrected chi connectivity index (χ2v) is 8.47. The SMILES string of the molecule is CNCCNC(=O)Nc1ccc(-c2cnc3[nH]cc(-c4ccccc4OC)c3c2)cc1C(=O)N(C)C. The van der Waals surface area contributed by atoms with E-state index in [1.54, 1.807) is 39.5 Å². The molecule has 0 saturated carbocycles. The Hall–Kier alpha value is -4.37. The number of hydrogen-bond donors (Lipinski definition) is 4. The van der Waals surface area contributed by atoms with Crippen LogP contribution in [0.25, 0.3) is 33.3 Å². The molecular weight excluding hydrogens is 456 g/mol. The van der Waals surface area contributed by atoms with Crippen LogP contribution in [0.4, 0.5) is 10.5 Å². The van der Waals surface area contributed by atoms with Gasteiger partial charge in [-0.25, -0.2) is 9.78 Å². The first kappa shape index (κ1) is 24.7. The molecule has 2 aromatic heterocycles. The number of methoxy groups -OCH3 is 1. The van der Waals surface area contributed by atoms with E-state index >= 15 is 0 Å². The topological polar surface area (TPSA) is 111 Å². The summed E-state index contributed by atoms with van der Waals surface area (Å²) in [6.45, 7) is 1.11. The third kappa shape index (κ3) is 5.16. The second-order valence-electron chi connectivity index (χ2n) is 8.47. The van der Waals surface area contributed by atoms with Crippen molar-refractivity contribution >= 4 is 28.7 Å². The van der Waals surface area contributed by atoms with E-state index in [0.717, 1.165) is 39.0 Å². The molecule has 4 rings (SSSR count). The molecule has 4 aromatic rings. The van der Waals surface area contributed by atoms with E-state index in [-0.39, 0.29) is 11.9 Å². The summed E-state index contributed by atoms with van der Waals surface area (Å²) in [4.78, 5) is 34.6. The summed E-state index contributed by atoms with van der Waals surface area (Å²) in [6.07, 6.45) is 3.68. The highest BCUT2D eigenvalue weighted by molar-refractivity contribution is 6.04. The van der Waals surface area contributed by atoms with Crippen LogP contribution in [0.5, 0.6) is 5.75 Å². The Bertz CT molecular complexity index is 1400. The van der Waals surface area contributed by atoms with Crippen LogP contribution in [-0.2, 0) is 0 Å². The zero-order valence-electron chi connectivity index (χ0n) is 20.8. The lowest BCUT2D eigenvalue weighted by Gasteiger charge is -2.17. The number of aromatic amines is 1. The highest BCUT2D eigenvalue weighted by atomic mass is 16.5. The smallest absolute Gasteiger partial charge is 0.319 e. The Morgan fingerprint density at radius 2 is 1.83 bits per heavy atom. The fraction of sp³-hybridized carbons (Fsp3) is 0.222. The highest BCUT2D eigenvalue weighted by Gasteiger charge is 2.18. The van der Waals surface area contributed by atoms with Crippen molar-refractivity contribution in [3.8, 4) is 28.0 Å². The summed E-state index contributed by atoms with van der Waals surface area (Å²) in [7, 11) is 6.82. The van der Waals surface area contributed by atoms with E-state index in [1.165, 1.54) is 4.90 Å². The Kier molecular flexibility index (Phi) is 7.50. The second kappa shape index (κ2) is 10.9. The molecule has 9 heteroatoms. The third-order valence-electron chi connectivity index (χ3n) is 5.83. The van der Waals surface area contributed by atoms with Gasteiger partial charge < -0.3 is 30.6 Å². The van der Waals surface area contributed by atoms with Gasteiger partial charge in [-0.3, -0.25) is 4.79 Å². The molecule has 0 spiro atoms. The molecule has 0 unspecified atom stereocenters. The van der Waals surface area contributed by atoms with Crippen molar-refractivity contribution in [1.82, 2.24) is 25.5 Å². The number of hydrogen-bond acceptors (Lipinski definition) is 5. The number of likely N-dealkylation sites (N-methyl/N-ethyl adjacent to an activating group) is 1. The first-order chi connectivity index (χ1) is 17.4. The van der Waals surface area contributed by atoms with Gasteiger partial charge in [-0.05, 0) is 36.9 Å². The summed E-state index contributed by atoms with van der Waals surface area (Å²) in [5.41, 5.74) is 5.15. The zero-order valence-corrected chi connectivity index (χ0v) is 20.8. The number of pyridine rings is 1. The van der Waals surface area contributed by atoms with Crippen molar-refractivity contribution in [1.29, 1.82) is 0 Å². The standard InChI is InChI=1S/C27H30N6O3/c1-28-11-12-29-27(35)32-23-10-9-17(13-21(23)26(34)33(2)3)18-14-20-22(16-31-25(20)30-15-18)19-7-5-6-8-24(19)36-4/h5-10,13-16,28H,11-12H2,1-4H3,(H,30,31)(H2,29,32,35). The monoisotopic (exact) mass is 486 g/mol. The summed E-state index contributed by atoms with van der Waals surface area (Å²) >= 11 is 0.